The first kappa shape index (κ1) is 11.1. The van der Waals surface area contributed by atoms with Gasteiger partial charge in [-0.3, -0.25) is 0 Å². The molecule has 0 bridgehead atoms. The minimum atomic E-state index is 0.545. The van der Waals surface area contributed by atoms with Gasteiger partial charge in [-0.1, -0.05) is 13.8 Å². The number of hydrogen-bond acceptors (Lipinski definition) is 3. The van der Waals surface area contributed by atoms with Crippen LogP contribution in [0.1, 0.15) is 32.4 Å². The molecule has 1 aliphatic rings. The van der Waals surface area contributed by atoms with E-state index in [0.29, 0.717) is 5.41 Å². The maximum absolute atomic E-state index is 4.38. The molecule has 0 saturated heterocycles. The molecule has 1 fully saturated rings. The fourth-order valence-electron chi connectivity index (χ4n) is 1.93. The van der Waals surface area contributed by atoms with Gasteiger partial charge in [0.15, 0.2) is 0 Å². The number of rotatable bonds is 6. The number of hydrogen-bond donors (Lipinski definition) is 1. The van der Waals surface area contributed by atoms with E-state index >= 15 is 0 Å². The van der Waals surface area contributed by atoms with Crippen LogP contribution in [0, 0.1) is 11.3 Å². The Balaban J connectivity index is 1.76. The molecule has 1 aromatic rings. The van der Waals surface area contributed by atoms with E-state index in [1.807, 2.05) is 5.51 Å². The average Bonchev–Trinajstić information content (AvgIpc) is 2.74. The lowest BCUT2D eigenvalue weighted by atomic mass is 10.0. The number of nitrogens with one attached hydrogen (secondary N) is 1. The monoisotopic (exact) mass is 224 g/mol. The Morgan fingerprint density at radius 2 is 2.33 bits per heavy atom. The molecule has 1 heterocycles. The van der Waals surface area contributed by atoms with Crippen LogP contribution in [0.5, 0.6) is 0 Å². The van der Waals surface area contributed by atoms with Crippen LogP contribution in [0.25, 0.3) is 0 Å². The van der Waals surface area contributed by atoms with Gasteiger partial charge in [0.25, 0.3) is 0 Å². The Morgan fingerprint density at radius 1 is 1.53 bits per heavy atom. The number of nitrogens with zero attached hydrogens (tertiary/aromatic N) is 1. The SMILES string of the molecule is CC(C)CNCC1(Cc2cscn2)CC1. The summed E-state index contributed by atoms with van der Waals surface area (Å²) in [5, 5.41) is 5.76. The Bertz CT molecular complexity index is 289. The first-order valence-corrected chi connectivity index (χ1v) is 6.72. The zero-order chi connectivity index (χ0) is 10.7. The molecule has 0 radical (unpaired) electrons. The predicted octanol–water partition coefficient (Wildman–Crippen LogP) is 2.71. The first-order valence-electron chi connectivity index (χ1n) is 5.78. The lowest BCUT2D eigenvalue weighted by Crippen LogP contribution is -2.28. The second-order valence-corrected chi connectivity index (χ2v) is 5.90. The van der Waals surface area contributed by atoms with E-state index in [1.54, 1.807) is 11.3 Å². The van der Waals surface area contributed by atoms with Crippen LogP contribution >= 0.6 is 11.3 Å². The van der Waals surface area contributed by atoms with Crippen molar-refractivity contribution in [3.63, 3.8) is 0 Å². The van der Waals surface area contributed by atoms with Gasteiger partial charge in [0.1, 0.15) is 0 Å². The normalized spacial score (nSPS) is 18.3. The minimum absolute atomic E-state index is 0.545. The van der Waals surface area contributed by atoms with Crippen molar-refractivity contribution in [2.24, 2.45) is 11.3 Å². The molecule has 15 heavy (non-hydrogen) atoms. The third kappa shape index (κ3) is 3.28. The Morgan fingerprint density at radius 3 is 2.87 bits per heavy atom. The quantitative estimate of drug-likeness (QED) is 0.803. The summed E-state index contributed by atoms with van der Waals surface area (Å²) in [7, 11) is 0. The zero-order valence-corrected chi connectivity index (χ0v) is 10.4. The molecule has 1 aliphatic carbocycles. The van der Waals surface area contributed by atoms with Crippen molar-refractivity contribution in [1.82, 2.24) is 10.3 Å². The van der Waals surface area contributed by atoms with E-state index in [2.05, 4.69) is 29.5 Å². The zero-order valence-electron chi connectivity index (χ0n) is 9.62. The van der Waals surface area contributed by atoms with Gasteiger partial charge < -0.3 is 5.32 Å². The van der Waals surface area contributed by atoms with Crippen molar-refractivity contribution in [3.05, 3.63) is 16.6 Å². The van der Waals surface area contributed by atoms with Crippen molar-refractivity contribution in [3.8, 4) is 0 Å². The maximum atomic E-state index is 4.38. The Kier molecular flexibility index (Phi) is 3.42. The molecule has 0 aliphatic heterocycles. The topological polar surface area (TPSA) is 24.9 Å². The summed E-state index contributed by atoms with van der Waals surface area (Å²) in [5.74, 6) is 0.750. The minimum Gasteiger partial charge on any atom is -0.316 e. The van der Waals surface area contributed by atoms with E-state index in [0.717, 1.165) is 12.5 Å². The Hall–Kier alpha value is -0.410. The van der Waals surface area contributed by atoms with E-state index < -0.39 is 0 Å². The second-order valence-electron chi connectivity index (χ2n) is 5.18. The average molecular weight is 224 g/mol. The molecule has 3 heteroatoms. The highest BCUT2D eigenvalue weighted by Gasteiger charge is 2.42. The van der Waals surface area contributed by atoms with Crippen LogP contribution in [0.15, 0.2) is 10.9 Å². The molecule has 0 amide bonds. The highest BCUT2D eigenvalue weighted by molar-refractivity contribution is 7.07. The van der Waals surface area contributed by atoms with Crippen molar-refractivity contribution >= 4 is 11.3 Å². The van der Waals surface area contributed by atoms with Crippen LogP contribution in [0.2, 0.25) is 0 Å². The molecule has 1 saturated carbocycles. The molecule has 2 rings (SSSR count). The van der Waals surface area contributed by atoms with Gasteiger partial charge >= 0.3 is 0 Å². The summed E-state index contributed by atoms with van der Waals surface area (Å²) >= 11 is 1.71. The van der Waals surface area contributed by atoms with Gasteiger partial charge in [-0.15, -0.1) is 11.3 Å². The van der Waals surface area contributed by atoms with Crippen molar-refractivity contribution in [2.75, 3.05) is 13.1 Å². The van der Waals surface area contributed by atoms with Gasteiger partial charge in [-0.2, -0.15) is 0 Å². The molecule has 0 spiro atoms. The van der Waals surface area contributed by atoms with Gasteiger partial charge in [0.05, 0.1) is 11.2 Å². The van der Waals surface area contributed by atoms with Crippen molar-refractivity contribution in [2.45, 2.75) is 33.1 Å². The molecule has 0 aromatic carbocycles. The molecule has 2 nitrogen and oxygen atoms in total. The predicted molar refractivity (Wildman–Crippen MR) is 65.2 cm³/mol. The summed E-state index contributed by atoms with van der Waals surface area (Å²) in [4.78, 5) is 4.38. The number of thiazole rings is 1. The van der Waals surface area contributed by atoms with E-state index in [9.17, 15) is 0 Å². The molecule has 0 atom stereocenters. The summed E-state index contributed by atoms with van der Waals surface area (Å²) in [6, 6.07) is 0. The third-order valence-corrected chi connectivity index (χ3v) is 3.68. The van der Waals surface area contributed by atoms with Crippen LogP contribution in [0.3, 0.4) is 0 Å². The van der Waals surface area contributed by atoms with Crippen molar-refractivity contribution < 1.29 is 0 Å². The summed E-state index contributed by atoms with van der Waals surface area (Å²) in [6.45, 7) is 6.82. The highest BCUT2D eigenvalue weighted by atomic mass is 32.1. The van der Waals surface area contributed by atoms with Gasteiger partial charge in [-0.05, 0) is 37.1 Å². The molecule has 0 unspecified atom stereocenters. The standard InChI is InChI=1S/C12H20N2S/c1-10(2)6-13-8-12(3-4-12)5-11-7-15-9-14-11/h7,9-10,13H,3-6,8H2,1-2H3. The fraction of sp³-hybridized carbons (Fsp3) is 0.750. The number of aromatic nitrogens is 1. The van der Waals surface area contributed by atoms with Gasteiger partial charge in [0, 0.05) is 11.9 Å². The smallest absolute Gasteiger partial charge is 0.0794 e. The molecule has 84 valence electrons. The van der Waals surface area contributed by atoms with E-state index in [4.69, 9.17) is 0 Å². The summed E-state index contributed by atoms with van der Waals surface area (Å²) < 4.78 is 0. The largest absolute Gasteiger partial charge is 0.316 e. The lowest BCUT2D eigenvalue weighted by Gasteiger charge is -2.15. The van der Waals surface area contributed by atoms with Gasteiger partial charge in [-0.25, -0.2) is 4.98 Å². The molecular weight excluding hydrogens is 204 g/mol. The van der Waals surface area contributed by atoms with Crippen LogP contribution in [-0.4, -0.2) is 18.1 Å². The Labute approximate surface area is 96.1 Å². The van der Waals surface area contributed by atoms with Crippen LogP contribution in [0.4, 0.5) is 0 Å². The van der Waals surface area contributed by atoms with Gasteiger partial charge in [0.2, 0.25) is 0 Å². The second kappa shape index (κ2) is 4.62. The molecular formula is C12H20N2S. The van der Waals surface area contributed by atoms with E-state index in [1.165, 1.54) is 31.5 Å². The summed E-state index contributed by atoms with van der Waals surface area (Å²) in [5.41, 5.74) is 3.76. The van der Waals surface area contributed by atoms with Crippen molar-refractivity contribution in [1.29, 1.82) is 0 Å². The third-order valence-electron chi connectivity index (χ3n) is 3.05. The van der Waals surface area contributed by atoms with Crippen LogP contribution in [-0.2, 0) is 6.42 Å². The summed E-state index contributed by atoms with van der Waals surface area (Å²) in [6.07, 6.45) is 3.91. The molecule has 1 aromatic heterocycles. The first-order chi connectivity index (χ1) is 7.20. The van der Waals surface area contributed by atoms with E-state index in [-0.39, 0.29) is 0 Å². The lowest BCUT2D eigenvalue weighted by molar-refractivity contribution is 0.429. The fourth-order valence-corrected chi connectivity index (χ4v) is 2.49. The maximum Gasteiger partial charge on any atom is 0.0794 e. The highest BCUT2D eigenvalue weighted by Crippen LogP contribution is 2.47. The van der Waals surface area contributed by atoms with Crippen LogP contribution < -0.4 is 5.32 Å². The molecule has 1 N–H and O–H groups in total.